The van der Waals surface area contributed by atoms with Crippen LogP contribution in [0.15, 0.2) is 36.5 Å². The van der Waals surface area contributed by atoms with E-state index in [9.17, 15) is 9.18 Å². The third-order valence-electron chi connectivity index (χ3n) is 4.36. The number of carbonyl (C=O) groups excluding carboxylic acids is 1. The van der Waals surface area contributed by atoms with E-state index in [2.05, 4.69) is 10.00 Å². The summed E-state index contributed by atoms with van der Waals surface area (Å²) in [7, 11) is 1.64. The Morgan fingerprint density at radius 3 is 2.76 bits per heavy atom. The molecule has 0 atom stereocenters. The van der Waals surface area contributed by atoms with Crippen molar-refractivity contribution in [2.45, 2.75) is 13.0 Å². The Hall–Kier alpha value is -2.25. The Labute approximate surface area is 146 Å². The van der Waals surface area contributed by atoms with Crippen LogP contribution in [0.1, 0.15) is 12.1 Å². The van der Waals surface area contributed by atoms with Crippen LogP contribution in [0, 0.1) is 5.82 Å². The smallest absolute Gasteiger partial charge is 0.236 e. The van der Waals surface area contributed by atoms with E-state index in [1.807, 2.05) is 11.0 Å². The Balaban J connectivity index is 1.68. The van der Waals surface area contributed by atoms with Gasteiger partial charge in [-0.05, 0) is 36.8 Å². The fourth-order valence-corrected chi connectivity index (χ4v) is 3.05. The number of rotatable bonds is 6. The molecule has 1 amide bonds. The minimum absolute atomic E-state index is 0.127. The number of methoxy groups -OCH3 is 1. The maximum absolute atomic E-state index is 13.1. The zero-order valence-electron chi connectivity index (χ0n) is 14.4. The molecule has 7 heteroatoms. The van der Waals surface area contributed by atoms with Gasteiger partial charge in [-0.15, -0.1) is 0 Å². The van der Waals surface area contributed by atoms with Gasteiger partial charge in [-0.1, -0.05) is 0 Å². The quantitative estimate of drug-likeness (QED) is 0.799. The summed E-state index contributed by atoms with van der Waals surface area (Å²) in [4.78, 5) is 16.4. The summed E-state index contributed by atoms with van der Waals surface area (Å²) in [5.74, 6) is -0.144. The summed E-state index contributed by atoms with van der Waals surface area (Å²) >= 11 is 0. The van der Waals surface area contributed by atoms with Crippen LogP contribution in [0.2, 0.25) is 0 Å². The largest absolute Gasteiger partial charge is 0.383 e. The summed E-state index contributed by atoms with van der Waals surface area (Å²) < 4.78 is 20.0. The summed E-state index contributed by atoms with van der Waals surface area (Å²) in [6.07, 6.45) is 2.66. The third-order valence-corrected chi connectivity index (χ3v) is 4.36. The number of amides is 1. The van der Waals surface area contributed by atoms with E-state index in [0.29, 0.717) is 26.2 Å². The topological polar surface area (TPSA) is 50.6 Å². The second-order valence-corrected chi connectivity index (χ2v) is 6.15. The first-order valence-corrected chi connectivity index (χ1v) is 8.45. The van der Waals surface area contributed by atoms with E-state index in [1.165, 1.54) is 12.1 Å². The zero-order chi connectivity index (χ0) is 17.6. The second-order valence-electron chi connectivity index (χ2n) is 6.15. The van der Waals surface area contributed by atoms with Crippen LogP contribution in [0.4, 0.5) is 4.39 Å². The molecule has 1 aliphatic heterocycles. The molecule has 1 saturated heterocycles. The lowest BCUT2D eigenvalue weighted by molar-refractivity contribution is -0.131. The summed E-state index contributed by atoms with van der Waals surface area (Å²) in [5, 5.41) is 4.34. The zero-order valence-corrected chi connectivity index (χ0v) is 14.4. The van der Waals surface area contributed by atoms with Crippen molar-refractivity contribution in [3.63, 3.8) is 0 Å². The number of ether oxygens (including phenoxy) is 1. The van der Waals surface area contributed by atoms with Gasteiger partial charge in [0.25, 0.3) is 0 Å². The predicted molar refractivity (Wildman–Crippen MR) is 91.9 cm³/mol. The number of nitrogens with zero attached hydrogens (tertiary/aromatic N) is 4. The van der Waals surface area contributed by atoms with Crippen LogP contribution < -0.4 is 0 Å². The first-order chi connectivity index (χ1) is 12.2. The molecule has 0 unspecified atom stereocenters. The fourth-order valence-electron chi connectivity index (χ4n) is 3.05. The van der Waals surface area contributed by atoms with Gasteiger partial charge in [0, 0.05) is 39.5 Å². The highest BCUT2D eigenvalue weighted by Gasteiger charge is 2.22. The van der Waals surface area contributed by atoms with Gasteiger partial charge in [-0.2, -0.15) is 5.10 Å². The second kappa shape index (κ2) is 8.22. The van der Waals surface area contributed by atoms with Gasteiger partial charge >= 0.3 is 0 Å². The fraction of sp³-hybridized carbons (Fsp3) is 0.444. The van der Waals surface area contributed by atoms with Gasteiger partial charge in [-0.3, -0.25) is 9.69 Å². The molecule has 1 fully saturated rings. The van der Waals surface area contributed by atoms with Crippen molar-refractivity contribution in [3.8, 4) is 5.69 Å². The summed E-state index contributed by atoms with van der Waals surface area (Å²) in [6, 6.07) is 8.17. The molecular formula is C18H23FN4O2. The lowest BCUT2D eigenvalue weighted by Gasteiger charge is -2.21. The maximum atomic E-state index is 13.1. The van der Waals surface area contributed by atoms with E-state index in [0.717, 1.165) is 30.9 Å². The standard InChI is InChI=1S/C18H23FN4O2/c1-25-12-11-22-10-2-9-21(14-18(22)24)13-17-7-8-20-23(17)16-5-3-15(19)4-6-16/h3-8H,2,9-14H2,1H3. The van der Waals surface area contributed by atoms with Crippen LogP contribution in [-0.2, 0) is 16.1 Å². The van der Waals surface area contributed by atoms with Crippen LogP contribution in [0.3, 0.4) is 0 Å². The van der Waals surface area contributed by atoms with Crippen molar-refractivity contribution < 1.29 is 13.9 Å². The molecular weight excluding hydrogens is 323 g/mol. The molecule has 3 rings (SSSR count). The minimum atomic E-state index is -0.272. The van der Waals surface area contributed by atoms with Crippen molar-refractivity contribution in [1.82, 2.24) is 19.6 Å². The van der Waals surface area contributed by atoms with Crippen LogP contribution in [-0.4, -0.2) is 65.4 Å². The lowest BCUT2D eigenvalue weighted by atomic mass is 10.3. The molecule has 1 aliphatic rings. The van der Waals surface area contributed by atoms with Crippen molar-refractivity contribution >= 4 is 5.91 Å². The molecule has 0 saturated carbocycles. The highest BCUT2D eigenvalue weighted by molar-refractivity contribution is 5.78. The molecule has 0 spiro atoms. The summed E-state index contributed by atoms with van der Waals surface area (Å²) in [5.41, 5.74) is 1.79. The predicted octanol–water partition coefficient (Wildman–Crippen LogP) is 1.69. The van der Waals surface area contributed by atoms with Gasteiger partial charge < -0.3 is 9.64 Å². The number of benzene rings is 1. The van der Waals surface area contributed by atoms with Crippen molar-refractivity contribution in [2.75, 3.05) is 39.9 Å². The van der Waals surface area contributed by atoms with Gasteiger partial charge in [0.2, 0.25) is 5.91 Å². The first kappa shape index (κ1) is 17.6. The van der Waals surface area contributed by atoms with Crippen LogP contribution in [0.5, 0.6) is 0 Å². The lowest BCUT2D eigenvalue weighted by Crippen LogP contribution is -2.38. The molecule has 0 radical (unpaired) electrons. The average molecular weight is 346 g/mol. The van der Waals surface area contributed by atoms with Gasteiger partial charge in [-0.25, -0.2) is 9.07 Å². The van der Waals surface area contributed by atoms with Gasteiger partial charge in [0.15, 0.2) is 0 Å². The Morgan fingerprint density at radius 1 is 1.20 bits per heavy atom. The molecule has 1 aromatic carbocycles. The monoisotopic (exact) mass is 346 g/mol. The number of aromatic nitrogens is 2. The molecule has 0 bridgehead atoms. The Bertz CT molecular complexity index is 701. The van der Waals surface area contributed by atoms with Crippen molar-refractivity contribution in [2.24, 2.45) is 0 Å². The molecule has 0 N–H and O–H groups in total. The molecule has 2 heterocycles. The number of carbonyl (C=O) groups is 1. The SMILES string of the molecule is COCCN1CCCN(Cc2ccnn2-c2ccc(F)cc2)CC1=O. The van der Waals surface area contributed by atoms with Gasteiger partial charge in [0.1, 0.15) is 5.82 Å². The van der Waals surface area contributed by atoms with Crippen LogP contribution >= 0.6 is 0 Å². The molecule has 0 aliphatic carbocycles. The number of hydrogen-bond acceptors (Lipinski definition) is 4. The molecule has 2 aromatic rings. The van der Waals surface area contributed by atoms with Crippen molar-refractivity contribution in [1.29, 1.82) is 0 Å². The summed E-state index contributed by atoms with van der Waals surface area (Å²) in [6.45, 7) is 3.82. The van der Waals surface area contributed by atoms with E-state index >= 15 is 0 Å². The van der Waals surface area contributed by atoms with E-state index in [4.69, 9.17) is 4.74 Å². The van der Waals surface area contributed by atoms with E-state index in [1.54, 1.807) is 30.1 Å². The maximum Gasteiger partial charge on any atom is 0.236 e. The molecule has 6 nitrogen and oxygen atoms in total. The normalized spacial score (nSPS) is 16.2. The average Bonchev–Trinajstić information content (AvgIpc) is 2.98. The van der Waals surface area contributed by atoms with Gasteiger partial charge in [0.05, 0.1) is 24.5 Å². The third kappa shape index (κ3) is 4.43. The number of hydrogen-bond donors (Lipinski definition) is 0. The molecule has 134 valence electrons. The van der Waals surface area contributed by atoms with E-state index < -0.39 is 0 Å². The Morgan fingerprint density at radius 2 is 2.00 bits per heavy atom. The highest BCUT2D eigenvalue weighted by Crippen LogP contribution is 2.15. The van der Waals surface area contributed by atoms with Crippen molar-refractivity contribution in [3.05, 3.63) is 48.0 Å². The van der Waals surface area contributed by atoms with Crippen LogP contribution in [0.25, 0.3) is 5.69 Å². The number of halogens is 1. The Kier molecular flexibility index (Phi) is 5.78. The minimum Gasteiger partial charge on any atom is -0.383 e. The highest BCUT2D eigenvalue weighted by atomic mass is 19.1. The van der Waals surface area contributed by atoms with E-state index in [-0.39, 0.29) is 11.7 Å². The first-order valence-electron chi connectivity index (χ1n) is 8.45. The molecule has 25 heavy (non-hydrogen) atoms. The molecule has 1 aromatic heterocycles.